The van der Waals surface area contributed by atoms with Gasteiger partial charge in [0.05, 0.1) is 5.52 Å². The maximum absolute atomic E-state index is 4.54. The number of aromatic nitrogens is 1. The Kier molecular flexibility index (Phi) is 4.30. The van der Waals surface area contributed by atoms with Crippen molar-refractivity contribution in [2.24, 2.45) is 0 Å². The van der Waals surface area contributed by atoms with Gasteiger partial charge in [-0.15, -0.1) is 0 Å². The molecule has 106 valence electrons. The molecule has 0 spiro atoms. The van der Waals surface area contributed by atoms with Crippen molar-refractivity contribution in [1.29, 1.82) is 0 Å². The molecular weight excluding hydrogens is 254 g/mol. The first-order chi connectivity index (χ1) is 10.3. The van der Waals surface area contributed by atoms with Crippen LogP contribution >= 0.6 is 0 Å². The maximum Gasteiger partial charge on any atom is 0.0702 e. The molecule has 1 heterocycles. The van der Waals surface area contributed by atoms with E-state index in [-0.39, 0.29) is 0 Å². The van der Waals surface area contributed by atoms with Gasteiger partial charge >= 0.3 is 0 Å². The molecule has 0 radical (unpaired) electrons. The molecule has 1 unspecified atom stereocenters. The van der Waals surface area contributed by atoms with Gasteiger partial charge in [-0.3, -0.25) is 4.98 Å². The predicted octanol–water partition coefficient (Wildman–Crippen LogP) is 5.36. The Balaban J connectivity index is 1.59. The number of fused-ring (bicyclic) bond motifs is 1. The van der Waals surface area contributed by atoms with Gasteiger partial charge in [-0.25, -0.2) is 0 Å². The normalized spacial score (nSPS) is 12.4. The van der Waals surface area contributed by atoms with Crippen LogP contribution in [0, 0.1) is 0 Å². The van der Waals surface area contributed by atoms with E-state index in [0.717, 1.165) is 11.9 Å². The van der Waals surface area contributed by atoms with Gasteiger partial charge in [0.2, 0.25) is 0 Å². The van der Waals surface area contributed by atoms with Crippen LogP contribution in [0.2, 0.25) is 0 Å². The zero-order valence-corrected chi connectivity index (χ0v) is 12.5. The molecule has 1 aromatic heterocycles. The summed E-state index contributed by atoms with van der Waals surface area (Å²) in [4.78, 5) is 4.54. The topological polar surface area (TPSA) is 12.9 Å². The van der Waals surface area contributed by atoms with Gasteiger partial charge < -0.3 is 0 Å². The average Bonchev–Trinajstić information content (AvgIpc) is 2.55. The van der Waals surface area contributed by atoms with Gasteiger partial charge in [-0.05, 0) is 48.4 Å². The molecule has 2 aromatic carbocycles. The van der Waals surface area contributed by atoms with E-state index < -0.39 is 0 Å². The smallest absolute Gasteiger partial charge is 0.0702 e. The summed E-state index contributed by atoms with van der Waals surface area (Å²) in [5, 5.41) is 1.24. The zero-order valence-electron chi connectivity index (χ0n) is 12.5. The molecule has 0 aliphatic carbocycles. The second-order valence-corrected chi connectivity index (χ2v) is 5.74. The van der Waals surface area contributed by atoms with Crippen LogP contribution in [0.5, 0.6) is 0 Å². The lowest BCUT2D eigenvalue weighted by atomic mass is 9.94. The minimum absolute atomic E-state index is 0.625. The van der Waals surface area contributed by atoms with Gasteiger partial charge in [-0.1, -0.05) is 55.5 Å². The summed E-state index contributed by atoms with van der Waals surface area (Å²) in [6, 6.07) is 21.4. The first-order valence-electron chi connectivity index (χ1n) is 7.71. The number of para-hydroxylation sites is 1. The predicted molar refractivity (Wildman–Crippen MR) is 89.5 cm³/mol. The number of aryl methyl sites for hydroxylation is 1. The molecule has 3 aromatic rings. The Morgan fingerprint density at radius 3 is 2.57 bits per heavy atom. The van der Waals surface area contributed by atoms with Crippen LogP contribution in [0.4, 0.5) is 0 Å². The first kappa shape index (κ1) is 13.8. The van der Waals surface area contributed by atoms with Crippen molar-refractivity contribution in [1.82, 2.24) is 4.98 Å². The monoisotopic (exact) mass is 275 g/mol. The third kappa shape index (κ3) is 3.49. The molecule has 3 rings (SSSR count). The maximum atomic E-state index is 4.54. The van der Waals surface area contributed by atoms with E-state index in [0.29, 0.717) is 5.92 Å². The van der Waals surface area contributed by atoms with Crippen LogP contribution in [0.15, 0.2) is 66.9 Å². The van der Waals surface area contributed by atoms with E-state index in [1.54, 1.807) is 0 Å². The number of hydrogen-bond donors (Lipinski definition) is 0. The van der Waals surface area contributed by atoms with Gasteiger partial charge in [-0.2, -0.15) is 0 Å². The summed E-state index contributed by atoms with van der Waals surface area (Å²) in [6.45, 7) is 2.31. The second kappa shape index (κ2) is 6.53. The SMILES string of the molecule is CC(CCCc1cnc2ccccc2c1)c1ccccc1. The molecule has 0 saturated heterocycles. The molecule has 1 atom stereocenters. The Morgan fingerprint density at radius 2 is 1.71 bits per heavy atom. The fraction of sp³-hybridized carbons (Fsp3) is 0.250. The molecule has 1 heteroatoms. The van der Waals surface area contributed by atoms with Crippen LogP contribution in [0.1, 0.15) is 36.8 Å². The van der Waals surface area contributed by atoms with Crippen molar-refractivity contribution in [3.05, 3.63) is 78.0 Å². The van der Waals surface area contributed by atoms with E-state index >= 15 is 0 Å². The molecule has 0 bridgehead atoms. The molecule has 0 amide bonds. The number of hydrogen-bond acceptors (Lipinski definition) is 1. The molecule has 0 saturated carbocycles. The molecule has 0 aliphatic heterocycles. The lowest BCUT2D eigenvalue weighted by molar-refractivity contribution is 0.633. The highest BCUT2D eigenvalue weighted by Gasteiger charge is 2.05. The number of nitrogens with zero attached hydrogens (tertiary/aromatic N) is 1. The van der Waals surface area contributed by atoms with Crippen molar-refractivity contribution < 1.29 is 0 Å². The van der Waals surface area contributed by atoms with Gasteiger partial charge in [0.25, 0.3) is 0 Å². The highest BCUT2D eigenvalue weighted by molar-refractivity contribution is 5.78. The number of benzene rings is 2. The van der Waals surface area contributed by atoms with Crippen LogP contribution < -0.4 is 0 Å². The van der Waals surface area contributed by atoms with Gasteiger partial charge in [0.15, 0.2) is 0 Å². The molecule has 1 nitrogen and oxygen atoms in total. The van der Waals surface area contributed by atoms with Crippen molar-refractivity contribution in [3.63, 3.8) is 0 Å². The lowest BCUT2D eigenvalue weighted by Crippen LogP contribution is -1.95. The van der Waals surface area contributed by atoms with Crippen molar-refractivity contribution in [2.75, 3.05) is 0 Å². The van der Waals surface area contributed by atoms with Crippen molar-refractivity contribution >= 4 is 10.9 Å². The van der Waals surface area contributed by atoms with Gasteiger partial charge in [0, 0.05) is 11.6 Å². The Morgan fingerprint density at radius 1 is 0.952 bits per heavy atom. The second-order valence-electron chi connectivity index (χ2n) is 5.74. The fourth-order valence-electron chi connectivity index (χ4n) is 2.81. The molecule has 0 fully saturated rings. The van der Waals surface area contributed by atoms with Crippen LogP contribution in [-0.4, -0.2) is 4.98 Å². The molecule has 21 heavy (non-hydrogen) atoms. The van der Waals surface area contributed by atoms with E-state index in [4.69, 9.17) is 0 Å². The average molecular weight is 275 g/mol. The molecule has 0 N–H and O–H groups in total. The zero-order chi connectivity index (χ0) is 14.5. The third-order valence-electron chi connectivity index (χ3n) is 4.12. The van der Waals surface area contributed by atoms with Gasteiger partial charge in [0.1, 0.15) is 0 Å². The Labute approximate surface area is 126 Å². The quantitative estimate of drug-likeness (QED) is 0.610. The summed E-state index contributed by atoms with van der Waals surface area (Å²) >= 11 is 0. The standard InChI is InChI=1S/C20H21N/c1-16(18-10-3-2-4-11-18)8-7-9-17-14-19-12-5-6-13-20(19)21-15-17/h2-6,10-16H,7-9H2,1H3. The van der Waals surface area contributed by atoms with Crippen LogP contribution in [0.25, 0.3) is 10.9 Å². The summed E-state index contributed by atoms with van der Waals surface area (Å²) in [7, 11) is 0. The summed E-state index contributed by atoms with van der Waals surface area (Å²) in [5.74, 6) is 0.625. The minimum atomic E-state index is 0.625. The highest BCUT2D eigenvalue weighted by atomic mass is 14.6. The van der Waals surface area contributed by atoms with Crippen LogP contribution in [-0.2, 0) is 6.42 Å². The van der Waals surface area contributed by atoms with Crippen molar-refractivity contribution in [2.45, 2.75) is 32.1 Å². The largest absolute Gasteiger partial charge is 0.256 e. The highest BCUT2D eigenvalue weighted by Crippen LogP contribution is 2.22. The number of pyridine rings is 1. The number of rotatable bonds is 5. The van der Waals surface area contributed by atoms with E-state index in [1.807, 2.05) is 12.3 Å². The van der Waals surface area contributed by atoms with E-state index in [1.165, 1.54) is 29.4 Å². The first-order valence-corrected chi connectivity index (χ1v) is 7.71. The minimum Gasteiger partial charge on any atom is -0.256 e. The Bertz CT molecular complexity index is 703. The fourth-order valence-corrected chi connectivity index (χ4v) is 2.81. The van der Waals surface area contributed by atoms with Crippen LogP contribution in [0.3, 0.4) is 0 Å². The van der Waals surface area contributed by atoms with Crippen molar-refractivity contribution in [3.8, 4) is 0 Å². The lowest BCUT2D eigenvalue weighted by Gasteiger charge is -2.11. The summed E-state index contributed by atoms with van der Waals surface area (Å²) < 4.78 is 0. The Hall–Kier alpha value is -2.15. The van der Waals surface area contributed by atoms with E-state index in [2.05, 4.69) is 66.5 Å². The molecular formula is C20H21N. The summed E-state index contributed by atoms with van der Waals surface area (Å²) in [5.41, 5.74) is 3.86. The third-order valence-corrected chi connectivity index (χ3v) is 4.12. The summed E-state index contributed by atoms with van der Waals surface area (Å²) in [6.07, 6.45) is 5.55. The molecule has 0 aliphatic rings. The van der Waals surface area contributed by atoms with E-state index in [9.17, 15) is 0 Å².